The summed E-state index contributed by atoms with van der Waals surface area (Å²) < 4.78 is 13.0. The first-order valence-electron chi connectivity index (χ1n) is 9.86. The van der Waals surface area contributed by atoms with Gasteiger partial charge in [-0.3, -0.25) is 9.79 Å². The molecule has 0 saturated carbocycles. The van der Waals surface area contributed by atoms with E-state index in [2.05, 4.69) is 26.8 Å². The molecule has 0 spiro atoms. The van der Waals surface area contributed by atoms with Crippen molar-refractivity contribution in [1.29, 1.82) is 0 Å². The molecule has 1 heterocycles. The predicted molar refractivity (Wildman–Crippen MR) is 117 cm³/mol. The summed E-state index contributed by atoms with van der Waals surface area (Å²) >= 11 is 1.86. The van der Waals surface area contributed by atoms with E-state index in [0.717, 1.165) is 37.7 Å². The minimum absolute atomic E-state index is 0.154. The van der Waals surface area contributed by atoms with E-state index in [-0.39, 0.29) is 11.7 Å². The number of benzene rings is 1. The molecule has 2 N–H and O–H groups in total. The highest BCUT2D eigenvalue weighted by atomic mass is 32.2. The number of anilines is 1. The monoisotopic (exact) mass is 409 g/mol. The molecular formula is C20H32FN5OS. The Kier molecular flexibility index (Phi) is 9.96. The molecule has 1 saturated heterocycles. The highest BCUT2D eigenvalue weighted by Crippen LogP contribution is 2.17. The van der Waals surface area contributed by atoms with Crippen molar-refractivity contribution in [2.45, 2.75) is 19.3 Å². The second kappa shape index (κ2) is 12.5. The van der Waals surface area contributed by atoms with Crippen molar-refractivity contribution in [3.05, 3.63) is 30.1 Å². The number of hydrogen-bond acceptors (Lipinski definition) is 4. The number of rotatable bonds is 9. The van der Waals surface area contributed by atoms with E-state index in [1.54, 1.807) is 19.2 Å². The van der Waals surface area contributed by atoms with Crippen LogP contribution in [-0.4, -0.2) is 75.1 Å². The van der Waals surface area contributed by atoms with Gasteiger partial charge >= 0.3 is 0 Å². The van der Waals surface area contributed by atoms with E-state index in [0.29, 0.717) is 26.1 Å². The molecule has 6 nitrogen and oxygen atoms in total. The summed E-state index contributed by atoms with van der Waals surface area (Å²) in [5.74, 6) is 1.85. The van der Waals surface area contributed by atoms with Crippen molar-refractivity contribution in [2.24, 2.45) is 4.99 Å². The molecule has 1 aromatic rings. The van der Waals surface area contributed by atoms with Crippen molar-refractivity contribution in [2.75, 3.05) is 63.2 Å². The van der Waals surface area contributed by atoms with Crippen LogP contribution in [0.1, 0.15) is 19.3 Å². The lowest BCUT2D eigenvalue weighted by Gasteiger charge is -2.36. The van der Waals surface area contributed by atoms with Gasteiger partial charge in [-0.2, -0.15) is 11.8 Å². The third-order valence-electron chi connectivity index (χ3n) is 4.75. The molecule has 0 unspecified atom stereocenters. The van der Waals surface area contributed by atoms with E-state index in [1.807, 2.05) is 16.7 Å². The van der Waals surface area contributed by atoms with Crippen molar-refractivity contribution in [1.82, 2.24) is 15.5 Å². The maximum Gasteiger partial charge on any atom is 0.224 e. The fourth-order valence-electron chi connectivity index (χ4n) is 3.11. The largest absolute Gasteiger partial charge is 0.368 e. The number of thioether (sulfide) groups is 1. The van der Waals surface area contributed by atoms with Crippen molar-refractivity contribution in [3.8, 4) is 0 Å². The number of amides is 1. The number of nitrogens with one attached hydrogen (secondary N) is 2. The van der Waals surface area contributed by atoms with Gasteiger partial charge in [0.2, 0.25) is 5.91 Å². The summed E-state index contributed by atoms with van der Waals surface area (Å²) in [5.41, 5.74) is 1.00. The maximum atomic E-state index is 13.0. The molecule has 2 rings (SSSR count). The molecule has 1 fully saturated rings. The van der Waals surface area contributed by atoms with E-state index in [1.165, 1.54) is 24.3 Å². The van der Waals surface area contributed by atoms with Gasteiger partial charge in [-0.25, -0.2) is 4.39 Å². The lowest BCUT2D eigenvalue weighted by Crippen LogP contribution is -2.49. The van der Waals surface area contributed by atoms with Crippen LogP contribution in [0.3, 0.4) is 0 Å². The average Bonchev–Trinajstić information content (AvgIpc) is 2.73. The summed E-state index contributed by atoms with van der Waals surface area (Å²) in [5, 5.41) is 6.49. The summed E-state index contributed by atoms with van der Waals surface area (Å²) in [6, 6.07) is 6.53. The molecule has 0 aliphatic carbocycles. The second-order valence-corrected chi connectivity index (χ2v) is 7.71. The number of nitrogens with zero attached hydrogens (tertiary/aromatic N) is 3. The molecule has 0 bridgehead atoms. The molecule has 8 heteroatoms. The van der Waals surface area contributed by atoms with Crippen molar-refractivity contribution in [3.63, 3.8) is 0 Å². The molecule has 1 aliphatic rings. The lowest BCUT2D eigenvalue weighted by molar-refractivity contribution is -0.131. The average molecular weight is 410 g/mol. The van der Waals surface area contributed by atoms with Gasteiger partial charge in [-0.1, -0.05) is 0 Å². The molecule has 0 radical (unpaired) electrons. The second-order valence-electron chi connectivity index (χ2n) is 6.72. The molecular weight excluding hydrogens is 377 g/mol. The molecule has 0 atom stereocenters. The van der Waals surface area contributed by atoms with Crippen LogP contribution in [0.15, 0.2) is 29.3 Å². The maximum absolute atomic E-state index is 13.0. The number of aliphatic imine (C=N–C) groups is 1. The molecule has 1 amide bonds. The van der Waals surface area contributed by atoms with Crippen LogP contribution >= 0.6 is 11.8 Å². The number of hydrogen-bond donors (Lipinski definition) is 2. The van der Waals surface area contributed by atoms with Crippen LogP contribution in [0.2, 0.25) is 0 Å². The zero-order chi connectivity index (χ0) is 20.2. The Hall–Kier alpha value is -1.96. The van der Waals surface area contributed by atoms with Gasteiger partial charge in [0.15, 0.2) is 5.96 Å². The summed E-state index contributed by atoms with van der Waals surface area (Å²) in [6.45, 7) is 4.38. The Morgan fingerprint density at radius 2 is 1.79 bits per heavy atom. The first kappa shape index (κ1) is 22.3. The number of carbonyl (C=O) groups is 1. The Balaban J connectivity index is 1.63. The van der Waals surface area contributed by atoms with Crippen molar-refractivity contribution < 1.29 is 9.18 Å². The topological polar surface area (TPSA) is 60.0 Å². The van der Waals surface area contributed by atoms with Crippen LogP contribution in [-0.2, 0) is 4.79 Å². The third-order valence-corrected chi connectivity index (χ3v) is 5.44. The Labute approximate surface area is 171 Å². The van der Waals surface area contributed by atoms with Crippen LogP contribution in [0.25, 0.3) is 0 Å². The standard InChI is InChI=1S/C20H32FN5OS/c1-22-20(23-10-3-4-16-28-2)24-11-9-19(27)26-14-12-25(13-15-26)18-7-5-17(21)6-8-18/h5-8H,3-4,9-16H2,1-2H3,(H2,22,23,24). The van der Waals surface area contributed by atoms with E-state index >= 15 is 0 Å². The van der Waals surface area contributed by atoms with Gasteiger partial charge in [0.25, 0.3) is 0 Å². The predicted octanol–water partition coefficient (Wildman–Crippen LogP) is 2.17. The van der Waals surface area contributed by atoms with Crippen LogP contribution in [0, 0.1) is 5.82 Å². The van der Waals surface area contributed by atoms with Crippen LogP contribution < -0.4 is 15.5 Å². The molecule has 1 aromatic carbocycles. The van der Waals surface area contributed by atoms with Crippen molar-refractivity contribution >= 4 is 29.3 Å². The first-order valence-corrected chi connectivity index (χ1v) is 11.2. The minimum Gasteiger partial charge on any atom is -0.368 e. The molecule has 28 heavy (non-hydrogen) atoms. The number of unbranched alkanes of at least 4 members (excludes halogenated alkanes) is 1. The van der Waals surface area contributed by atoms with E-state index in [4.69, 9.17) is 0 Å². The van der Waals surface area contributed by atoms with Crippen LogP contribution in [0.4, 0.5) is 10.1 Å². The smallest absolute Gasteiger partial charge is 0.224 e. The van der Waals surface area contributed by atoms with Gasteiger partial charge in [0.1, 0.15) is 5.82 Å². The molecule has 156 valence electrons. The normalized spacial score (nSPS) is 14.9. The van der Waals surface area contributed by atoms with Gasteiger partial charge < -0.3 is 20.4 Å². The Morgan fingerprint density at radius 1 is 1.11 bits per heavy atom. The summed E-state index contributed by atoms with van der Waals surface area (Å²) in [4.78, 5) is 20.7. The summed E-state index contributed by atoms with van der Waals surface area (Å²) in [6.07, 6.45) is 4.86. The number of piperazine rings is 1. The SMILES string of the molecule is CN=C(NCCCCSC)NCCC(=O)N1CCN(c2ccc(F)cc2)CC1. The van der Waals surface area contributed by atoms with Gasteiger partial charge in [0, 0.05) is 58.4 Å². The first-order chi connectivity index (χ1) is 13.6. The van der Waals surface area contributed by atoms with E-state index < -0.39 is 0 Å². The zero-order valence-electron chi connectivity index (χ0n) is 16.9. The van der Waals surface area contributed by atoms with Gasteiger partial charge in [-0.15, -0.1) is 0 Å². The molecule has 1 aliphatic heterocycles. The summed E-state index contributed by atoms with van der Waals surface area (Å²) in [7, 11) is 1.74. The number of guanidine groups is 1. The third kappa shape index (κ3) is 7.58. The molecule has 0 aromatic heterocycles. The number of carbonyl (C=O) groups excluding carboxylic acids is 1. The number of halogens is 1. The quantitative estimate of drug-likeness (QED) is 0.372. The van der Waals surface area contributed by atoms with E-state index in [9.17, 15) is 9.18 Å². The lowest BCUT2D eigenvalue weighted by atomic mass is 10.2. The minimum atomic E-state index is -0.227. The highest BCUT2D eigenvalue weighted by molar-refractivity contribution is 7.98. The van der Waals surface area contributed by atoms with Crippen LogP contribution in [0.5, 0.6) is 0 Å². The zero-order valence-corrected chi connectivity index (χ0v) is 17.7. The Bertz CT molecular complexity index is 618. The van der Waals surface area contributed by atoms with Gasteiger partial charge in [0.05, 0.1) is 0 Å². The van der Waals surface area contributed by atoms with Gasteiger partial charge in [-0.05, 0) is 49.1 Å². The fourth-order valence-corrected chi connectivity index (χ4v) is 3.60. The fraction of sp³-hybridized carbons (Fsp3) is 0.600. The Morgan fingerprint density at radius 3 is 2.43 bits per heavy atom. The highest BCUT2D eigenvalue weighted by Gasteiger charge is 2.21.